The summed E-state index contributed by atoms with van der Waals surface area (Å²) in [5, 5.41) is 1.68. The maximum Gasteiger partial charge on any atom is 0.228 e. The molecular formula is C13H14BrN3OS2. The van der Waals surface area contributed by atoms with Crippen LogP contribution in [0.1, 0.15) is 13.3 Å². The number of amides is 1. The van der Waals surface area contributed by atoms with E-state index in [0.29, 0.717) is 23.3 Å². The van der Waals surface area contributed by atoms with Crippen LogP contribution in [0.2, 0.25) is 0 Å². The molecule has 0 unspecified atom stereocenters. The minimum Gasteiger partial charge on any atom is -0.302 e. The van der Waals surface area contributed by atoms with Gasteiger partial charge in [-0.15, -0.1) is 0 Å². The zero-order valence-corrected chi connectivity index (χ0v) is 14.2. The van der Waals surface area contributed by atoms with E-state index in [0.717, 1.165) is 15.6 Å². The minimum atomic E-state index is 0.0598. The zero-order chi connectivity index (χ0) is 14.5. The molecule has 0 atom stereocenters. The number of anilines is 1. The molecule has 1 amide bonds. The molecule has 0 aliphatic heterocycles. The number of carbonyl (C=O) groups is 1. The van der Waals surface area contributed by atoms with Crippen LogP contribution in [0.3, 0.4) is 0 Å². The summed E-state index contributed by atoms with van der Waals surface area (Å²) < 4.78 is 0.690. The van der Waals surface area contributed by atoms with Crippen molar-refractivity contribution in [2.45, 2.75) is 13.3 Å². The summed E-state index contributed by atoms with van der Waals surface area (Å²) in [5.74, 6) is 0.603. The Bertz CT molecular complexity index is 589. The molecule has 0 aliphatic carbocycles. The van der Waals surface area contributed by atoms with Gasteiger partial charge in [-0.3, -0.25) is 9.78 Å². The Morgan fingerprint density at radius 2 is 2.35 bits per heavy atom. The van der Waals surface area contributed by atoms with E-state index in [2.05, 4.69) is 38.5 Å². The second-order valence-electron chi connectivity index (χ2n) is 3.97. The lowest BCUT2D eigenvalue weighted by molar-refractivity contribution is -0.118. The predicted molar refractivity (Wildman–Crippen MR) is 89.5 cm³/mol. The number of rotatable bonds is 5. The van der Waals surface area contributed by atoms with Crippen LogP contribution >= 0.6 is 39.9 Å². The van der Waals surface area contributed by atoms with Crippen molar-refractivity contribution < 1.29 is 4.79 Å². The van der Waals surface area contributed by atoms with Crippen LogP contribution in [0.4, 0.5) is 5.00 Å². The number of thiol groups is 1. The average Bonchev–Trinajstić information content (AvgIpc) is 2.83. The summed E-state index contributed by atoms with van der Waals surface area (Å²) in [6.45, 7) is 2.56. The van der Waals surface area contributed by atoms with E-state index in [1.807, 2.05) is 19.1 Å². The summed E-state index contributed by atoms with van der Waals surface area (Å²) in [6.07, 6.45) is 3.91. The van der Waals surface area contributed by atoms with Gasteiger partial charge in [0.05, 0.1) is 0 Å². The predicted octanol–water partition coefficient (Wildman–Crippen LogP) is 3.64. The van der Waals surface area contributed by atoms with Crippen molar-refractivity contribution in [2.75, 3.05) is 17.2 Å². The second-order valence-corrected chi connectivity index (χ2v) is 6.14. The number of hydrogen-bond donors (Lipinski definition) is 1. The van der Waals surface area contributed by atoms with Gasteiger partial charge in [0.1, 0.15) is 14.6 Å². The van der Waals surface area contributed by atoms with Gasteiger partial charge in [-0.25, -0.2) is 4.98 Å². The van der Waals surface area contributed by atoms with Crippen molar-refractivity contribution in [3.8, 4) is 10.6 Å². The van der Waals surface area contributed by atoms with E-state index in [1.54, 1.807) is 17.3 Å². The number of aromatic nitrogens is 2. The largest absolute Gasteiger partial charge is 0.302 e. The highest BCUT2D eigenvalue weighted by Gasteiger charge is 2.20. The van der Waals surface area contributed by atoms with Gasteiger partial charge in [0.15, 0.2) is 0 Å². The number of nitrogens with zero attached hydrogens (tertiary/aromatic N) is 3. The Morgan fingerprint density at radius 3 is 2.95 bits per heavy atom. The van der Waals surface area contributed by atoms with E-state index in [-0.39, 0.29) is 5.91 Å². The maximum atomic E-state index is 12.1. The Balaban J connectivity index is 2.33. The highest BCUT2D eigenvalue weighted by Crippen LogP contribution is 2.37. The number of halogens is 1. The maximum absolute atomic E-state index is 12.1. The molecule has 106 valence electrons. The highest BCUT2D eigenvalue weighted by atomic mass is 79.9. The monoisotopic (exact) mass is 371 g/mol. The van der Waals surface area contributed by atoms with Crippen molar-refractivity contribution >= 4 is 50.8 Å². The second kappa shape index (κ2) is 7.19. The first-order valence-corrected chi connectivity index (χ1v) is 8.39. The zero-order valence-electron chi connectivity index (χ0n) is 10.9. The van der Waals surface area contributed by atoms with Crippen LogP contribution in [0.15, 0.2) is 29.1 Å². The summed E-state index contributed by atoms with van der Waals surface area (Å²) in [6, 6.07) is 3.82. The van der Waals surface area contributed by atoms with E-state index in [4.69, 9.17) is 0 Å². The van der Waals surface area contributed by atoms with E-state index in [9.17, 15) is 4.79 Å². The van der Waals surface area contributed by atoms with Crippen LogP contribution in [0.5, 0.6) is 0 Å². The molecule has 0 aliphatic rings. The van der Waals surface area contributed by atoms with Crippen molar-refractivity contribution in [3.63, 3.8) is 0 Å². The van der Waals surface area contributed by atoms with E-state index in [1.165, 1.54) is 11.3 Å². The van der Waals surface area contributed by atoms with Gasteiger partial charge in [0, 0.05) is 30.9 Å². The summed E-state index contributed by atoms with van der Waals surface area (Å²) in [4.78, 5) is 22.4. The summed E-state index contributed by atoms with van der Waals surface area (Å²) in [7, 11) is 0. The van der Waals surface area contributed by atoms with Gasteiger partial charge in [-0.05, 0) is 40.7 Å². The lowest BCUT2D eigenvalue weighted by Gasteiger charge is -2.18. The first kappa shape index (κ1) is 15.5. The fraction of sp³-hybridized carbons (Fsp3) is 0.308. The highest BCUT2D eigenvalue weighted by molar-refractivity contribution is 9.10. The molecular weight excluding hydrogens is 358 g/mol. The van der Waals surface area contributed by atoms with Crippen LogP contribution in [0.25, 0.3) is 10.6 Å². The van der Waals surface area contributed by atoms with Crippen molar-refractivity contribution in [1.82, 2.24) is 9.97 Å². The first-order chi connectivity index (χ1) is 9.67. The molecule has 0 bridgehead atoms. The molecule has 4 nitrogen and oxygen atoms in total. The van der Waals surface area contributed by atoms with Crippen molar-refractivity contribution in [2.24, 2.45) is 0 Å². The molecule has 0 spiro atoms. The van der Waals surface area contributed by atoms with Gasteiger partial charge in [-0.2, -0.15) is 12.6 Å². The van der Waals surface area contributed by atoms with Crippen LogP contribution in [-0.4, -0.2) is 28.2 Å². The molecule has 2 aromatic heterocycles. The smallest absolute Gasteiger partial charge is 0.228 e. The first-order valence-electron chi connectivity index (χ1n) is 6.15. The van der Waals surface area contributed by atoms with Gasteiger partial charge < -0.3 is 4.90 Å². The number of thiazole rings is 1. The van der Waals surface area contributed by atoms with Gasteiger partial charge in [0.2, 0.25) is 5.91 Å². The van der Waals surface area contributed by atoms with Gasteiger partial charge in [0.25, 0.3) is 0 Å². The molecule has 0 fully saturated rings. The molecule has 0 radical (unpaired) electrons. The van der Waals surface area contributed by atoms with Crippen LogP contribution < -0.4 is 4.90 Å². The third-order valence-corrected chi connectivity index (χ3v) is 4.83. The molecule has 20 heavy (non-hydrogen) atoms. The molecule has 0 saturated carbocycles. The lowest BCUT2D eigenvalue weighted by atomic mass is 10.3. The fourth-order valence-corrected chi connectivity index (χ4v) is 3.71. The molecule has 0 aromatic carbocycles. The lowest BCUT2D eigenvalue weighted by Crippen LogP contribution is -2.30. The van der Waals surface area contributed by atoms with Crippen LogP contribution in [-0.2, 0) is 4.79 Å². The molecule has 7 heteroatoms. The molecule has 2 rings (SSSR count). The summed E-state index contributed by atoms with van der Waals surface area (Å²) in [5.41, 5.74) is 0.946. The van der Waals surface area contributed by atoms with Crippen molar-refractivity contribution in [1.29, 1.82) is 0 Å². The van der Waals surface area contributed by atoms with Gasteiger partial charge in [-0.1, -0.05) is 11.3 Å². The summed E-state index contributed by atoms with van der Waals surface area (Å²) >= 11 is 9.04. The average molecular weight is 372 g/mol. The topological polar surface area (TPSA) is 46.1 Å². The molecule has 0 N–H and O–H groups in total. The molecule has 2 aromatic rings. The Morgan fingerprint density at radius 1 is 1.55 bits per heavy atom. The van der Waals surface area contributed by atoms with Gasteiger partial charge >= 0.3 is 0 Å². The van der Waals surface area contributed by atoms with Crippen LogP contribution in [0, 0.1) is 0 Å². The number of pyridine rings is 1. The Hall–Kier alpha value is -0.920. The Kier molecular flexibility index (Phi) is 5.56. The molecule has 2 heterocycles. The van der Waals surface area contributed by atoms with Crippen molar-refractivity contribution in [3.05, 3.63) is 29.1 Å². The quantitative estimate of drug-likeness (QED) is 0.816. The minimum absolute atomic E-state index is 0.0598. The van der Waals surface area contributed by atoms with E-state index >= 15 is 0 Å². The third kappa shape index (κ3) is 3.39. The third-order valence-electron chi connectivity index (χ3n) is 2.67. The molecule has 0 saturated heterocycles. The SMILES string of the molecule is CCN(C(=O)CCS)c1sc(-c2cccnc2)nc1Br. The standard InChI is InChI=1S/C13H14BrN3OS2/c1-2-17(10(18)5-7-19)13-11(14)16-12(20-13)9-4-3-6-15-8-9/h3-4,6,8,19H,2,5,7H2,1H3. The number of carbonyl (C=O) groups excluding carboxylic acids is 1. The number of hydrogen-bond acceptors (Lipinski definition) is 5. The Labute approximate surface area is 135 Å². The van der Waals surface area contributed by atoms with E-state index < -0.39 is 0 Å². The fourth-order valence-electron chi connectivity index (χ4n) is 1.74. The normalized spacial score (nSPS) is 10.6.